The minimum Gasteiger partial charge on any atom is -0.387 e. The lowest BCUT2D eigenvalue weighted by molar-refractivity contribution is -0.0910. The van der Waals surface area contributed by atoms with Crippen molar-refractivity contribution in [1.82, 2.24) is 4.90 Å². The lowest BCUT2D eigenvalue weighted by Gasteiger charge is -2.47. The molecule has 1 aliphatic rings. The third-order valence-corrected chi connectivity index (χ3v) is 5.50. The van der Waals surface area contributed by atoms with E-state index in [1.165, 1.54) is 17.0 Å². The van der Waals surface area contributed by atoms with Crippen molar-refractivity contribution in [2.45, 2.75) is 24.7 Å². The van der Waals surface area contributed by atoms with E-state index in [0.29, 0.717) is 3.57 Å². The first-order valence-electron chi connectivity index (χ1n) is 9.07. The molecule has 1 heterocycles. The molecule has 0 radical (unpaired) electrons. The van der Waals surface area contributed by atoms with Crippen LogP contribution in [0, 0.1) is 21.0 Å². The zero-order valence-corrected chi connectivity index (χ0v) is 18.1. The van der Waals surface area contributed by atoms with Gasteiger partial charge >= 0.3 is 0 Å². The first-order valence-corrected chi connectivity index (χ1v) is 10.2. The van der Waals surface area contributed by atoms with Crippen molar-refractivity contribution in [3.63, 3.8) is 0 Å². The van der Waals surface area contributed by atoms with E-state index in [1.54, 1.807) is 6.07 Å². The Hall–Kier alpha value is -2.54. The molecule has 1 atom stereocenters. The van der Waals surface area contributed by atoms with E-state index in [1.807, 2.05) is 22.6 Å². The maximum absolute atomic E-state index is 14.5. The number of anilines is 2. The van der Waals surface area contributed by atoms with Crippen molar-refractivity contribution in [2.24, 2.45) is 5.11 Å². The van der Waals surface area contributed by atoms with Crippen LogP contribution in [0.15, 0.2) is 35.4 Å². The fraction of sp³-hybridized carbons (Fsp3) is 0.316. The number of hydrogen-bond acceptors (Lipinski definition) is 5. The molecular formula is C19H17F3IN5O3. The number of β-amino-alcohol motifs (C(OH)–C–C–N with tert-alkyl or cyclic N) is 1. The van der Waals surface area contributed by atoms with Gasteiger partial charge in [-0.15, -0.1) is 0 Å². The summed E-state index contributed by atoms with van der Waals surface area (Å²) in [5, 5.41) is 25.4. The van der Waals surface area contributed by atoms with Gasteiger partial charge in [0.25, 0.3) is 5.91 Å². The van der Waals surface area contributed by atoms with Gasteiger partial charge in [-0.2, -0.15) is 0 Å². The van der Waals surface area contributed by atoms with E-state index >= 15 is 0 Å². The smallest absolute Gasteiger partial charge is 0.256 e. The fourth-order valence-corrected chi connectivity index (χ4v) is 3.68. The quantitative estimate of drug-likeness (QED) is 0.210. The Labute approximate surface area is 188 Å². The van der Waals surface area contributed by atoms with Gasteiger partial charge in [0.2, 0.25) is 0 Å². The zero-order chi connectivity index (χ0) is 22.8. The second kappa shape index (κ2) is 9.30. The number of aliphatic hydroxyl groups is 2. The Morgan fingerprint density at radius 1 is 1.29 bits per heavy atom. The predicted octanol–water partition coefficient (Wildman–Crippen LogP) is 4.05. The van der Waals surface area contributed by atoms with E-state index in [0.717, 1.165) is 12.1 Å². The third kappa shape index (κ3) is 5.21. The number of nitrogens with zero attached hydrogens (tertiary/aromatic N) is 4. The van der Waals surface area contributed by atoms with Crippen molar-refractivity contribution in [3.05, 3.63) is 67.4 Å². The van der Waals surface area contributed by atoms with E-state index in [2.05, 4.69) is 15.3 Å². The van der Waals surface area contributed by atoms with Gasteiger partial charge in [-0.3, -0.25) is 4.79 Å². The van der Waals surface area contributed by atoms with Gasteiger partial charge in [0.15, 0.2) is 11.6 Å². The van der Waals surface area contributed by atoms with E-state index < -0.39 is 40.9 Å². The number of likely N-dealkylation sites (tertiary alicyclic amines) is 1. The zero-order valence-electron chi connectivity index (χ0n) is 15.9. The van der Waals surface area contributed by atoms with Crippen molar-refractivity contribution >= 4 is 39.9 Å². The molecule has 1 fully saturated rings. The van der Waals surface area contributed by atoms with Crippen LogP contribution in [0.1, 0.15) is 23.2 Å². The topological polar surface area (TPSA) is 122 Å². The molecule has 0 saturated carbocycles. The first kappa shape index (κ1) is 23.1. The van der Waals surface area contributed by atoms with E-state index in [9.17, 15) is 28.2 Å². The molecule has 164 valence electrons. The molecule has 12 heteroatoms. The third-order valence-electron chi connectivity index (χ3n) is 4.83. The van der Waals surface area contributed by atoms with Gasteiger partial charge in [0, 0.05) is 8.48 Å². The number of amides is 1. The monoisotopic (exact) mass is 547 g/mol. The number of nitrogens with one attached hydrogen (secondary N) is 1. The molecule has 0 aromatic heterocycles. The SMILES string of the molecule is [N-]=[N+]=NC(O)CCC1(O)CN(C(=O)c2ccc(F)c(F)c2Nc2ccc(I)cc2F)C1. The molecule has 1 saturated heterocycles. The molecule has 31 heavy (non-hydrogen) atoms. The maximum atomic E-state index is 14.5. The normalized spacial score (nSPS) is 15.6. The Morgan fingerprint density at radius 2 is 2.00 bits per heavy atom. The van der Waals surface area contributed by atoms with Crippen LogP contribution in [-0.4, -0.2) is 45.9 Å². The lowest BCUT2D eigenvalue weighted by atomic mass is 9.88. The predicted molar refractivity (Wildman–Crippen MR) is 114 cm³/mol. The second-order valence-electron chi connectivity index (χ2n) is 7.14. The summed E-state index contributed by atoms with van der Waals surface area (Å²) < 4.78 is 43.1. The lowest BCUT2D eigenvalue weighted by Crippen LogP contribution is -2.63. The highest BCUT2D eigenvalue weighted by molar-refractivity contribution is 14.1. The summed E-state index contributed by atoms with van der Waals surface area (Å²) in [4.78, 5) is 16.5. The summed E-state index contributed by atoms with van der Waals surface area (Å²) in [5.41, 5.74) is 6.09. The summed E-state index contributed by atoms with van der Waals surface area (Å²) in [6.07, 6.45) is -1.25. The van der Waals surface area contributed by atoms with Crippen molar-refractivity contribution in [3.8, 4) is 0 Å². The average molecular weight is 547 g/mol. The van der Waals surface area contributed by atoms with E-state index in [-0.39, 0.29) is 37.2 Å². The van der Waals surface area contributed by atoms with Crippen LogP contribution in [0.25, 0.3) is 10.4 Å². The van der Waals surface area contributed by atoms with Gasteiger partial charge < -0.3 is 20.4 Å². The number of aliphatic hydroxyl groups excluding tert-OH is 1. The van der Waals surface area contributed by atoms with Gasteiger partial charge in [-0.25, -0.2) is 13.2 Å². The Kier molecular flexibility index (Phi) is 6.94. The van der Waals surface area contributed by atoms with Crippen LogP contribution in [0.3, 0.4) is 0 Å². The highest BCUT2D eigenvalue weighted by atomic mass is 127. The molecule has 3 N–H and O–H groups in total. The van der Waals surface area contributed by atoms with Gasteiger partial charge in [-0.1, -0.05) is 5.11 Å². The highest BCUT2D eigenvalue weighted by Crippen LogP contribution is 2.33. The van der Waals surface area contributed by atoms with Crippen LogP contribution < -0.4 is 5.32 Å². The number of halogens is 4. The highest BCUT2D eigenvalue weighted by Gasteiger charge is 2.44. The van der Waals surface area contributed by atoms with E-state index in [4.69, 9.17) is 5.53 Å². The summed E-state index contributed by atoms with van der Waals surface area (Å²) in [6.45, 7) is -0.240. The van der Waals surface area contributed by atoms with Crippen molar-refractivity contribution in [2.75, 3.05) is 18.4 Å². The van der Waals surface area contributed by atoms with Gasteiger partial charge in [-0.05, 0) is 71.3 Å². The molecule has 1 aliphatic heterocycles. The van der Waals surface area contributed by atoms with Gasteiger partial charge in [0.1, 0.15) is 12.0 Å². The van der Waals surface area contributed by atoms with Gasteiger partial charge in [0.05, 0.1) is 35.6 Å². The van der Waals surface area contributed by atoms with Crippen LogP contribution in [-0.2, 0) is 0 Å². The average Bonchev–Trinajstić information content (AvgIpc) is 2.69. The minimum absolute atomic E-state index is 0.00729. The number of benzene rings is 2. The molecule has 3 rings (SSSR count). The Bertz CT molecular complexity index is 1060. The molecule has 2 aromatic carbocycles. The molecular weight excluding hydrogens is 530 g/mol. The number of hydrogen-bond donors (Lipinski definition) is 3. The maximum Gasteiger partial charge on any atom is 0.256 e. The van der Waals surface area contributed by atoms with Crippen molar-refractivity contribution < 1.29 is 28.2 Å². The first-order chi connectivity index (χ1) is 14.6. The standard InChI is InChI=1S/C19H17F3IN5O3/c20-12-3-2-11(17(16(12)22)25-14-4-1-10(23)7-13(14)21)18(30)28-8-19(31,9-28)6-5-15(29)26-27-24/h1-4,7,15,25,29,31H,5-6,8-9H2. The largest absolute Gasteiger partial charge is 0.387 e. The number of rotatable bonds is 7. The van der Waals surface area contributed by atoms with Crippen LogP contribution in [0.2, 0.25) is 0 Å². The molecule has 1 amide bonds. The molecule has 1 unspecified atom stereocenters. The molecule has 2 aromatic rings. The summed E-state index contributed by atoms with van der Waals surface area (Å²) in [5.74, 6) is -3.94. The number of azide groups is 1. The molecule has 8 nitrogen and oxygen atoms in total. The Balaban J connectivity index is 1.78. The fourth-order valence-electron chi connectivity index (χ4n) is 3.23. The number of carbonyl (C=O) groups is 1. The number of carbonyl (C=O) groups excluding carboxylic acids is 1. The molecule has 0 spiro atoms. The summed E-state index contributed by atoms with van der Waals surface area (Å²) in [6, 6.07) is 5.97. The Morgan fingerprint density at radius 3 is 2.65 bits per heavy atom. The minimum atomic E-state index is -1.34. The van der Waals surface area contributed by atoms with Crippen LogP contribution >= 0.6 is 22.6 Å². The van der Waals surface area contributed by atoms with Crippen LogP contribution in [0.5, 0.6) is 0 Å². The van der Waals surface area contributed by atoms with Crippen molar-refractivity contribution in [1.29, 1.82) is 0 Å². The summed E-state index contributed by atoms with van der Waals surface area (Å²) >= 11 is 1.90. The molecule has 0 bridgehead atoms. The molecule has 0 aliphatic carbocycles. The summed E-state index contributed by atoms with van der Waals surface area (Å²) in [7, 11) is 0. The second-order valence-corrected chi connectivity index (χ2v) is 8.39. The van der Waals surface area contributed by atoms with Crippen LogP contribution in [0.4, 0.5) is 24.5 Å².